The minimum atomic E-state index is 0.0833. The van der Waals surface area contributed by atoms with Gasteiger partial charge in [0.05, 0.1) is 11.4 Å². The minimum absolute atomic E-state index is 0.0833. The Kier molecular flexibility index (Phi) is 3.13. The van der Waals surface area contributed by atoms with E-state index >= 15 is 0 Å². The topological polar surface area (TPSA) is 53.1 Å². The van der Waals surface area contributed by atoms with E-state index in [9.17, 15) is 0 Å². The lowest BCUT2D eigenvalue weighted by molar-refractivity contribution is 1.01. The summed E-state index contributed by atoms with van der Waals surface area (Å²) >= 11 is 0. The van der Waals surface area contributed by atoms with Gasteiger partial charge in [0.1, 0.15) is 0 Å². The predicted molar refractivity (Wildman–Crippen MR) is 117 cm³/mol. The predicted octanol–water partition coefficient (Wildman–Crippen LogP) is 5.22. The van der Waals surface area contributed by atoms with Crippen molar-refractivity contribution in [2.24, 2.45) is 5.73 Å². The molecule has 0 heterocycles. The lowest BCUT2D eigenvalue weighted by Crippen LogP contribution is -2.33. The molecule has 0 fully saturated rings. The van der Waals surface area contributed by atoms with E-state index in [1.165, 1.54) is 43.8 Å². The SMILES string of the molecule is N=C(N)N(c1ccc2cccc3c2c1CC3)c1ccc2cccc3c2c1CC3. The summed E-state index contributed by atoms with van der Waals surface area (Å²) in [5.41, 5.74) is 13.8. The van der Waals surface area contributed by atoms with Crippen LogP contribution in [0.25, 0.3) is 21.5 Å². The van der Waals surface area contributed by atoms with Gasteiger partial charge in [-0.2, -0.15) is 0 Å². The van der Waals surface area contributed by atoms with Crippen LogP contribution in [0.15, 0.2) is 60.7 Å². The van der Waals surface area contributed by atoms with Crippen LogP contribution in [0.1, 0.15) is 22.3 Å². The summed E-state index contributed by atoms with van der Waals surface area (Å²) in [5.74, 6) is 0.0833. The maximum atomic E-state index is 8.42. The van der Waals surface area contributed by atoms with Gasteiger partial charge in [-0.3, -0.25) is 10.3 Å². The smallest absolute Gasteiger partial charge is 0.197 e. The van der Waals surface area contributed by atoms with Crippen LogP contribution in [0.3, 0.4) is 0 Å². The zero-order chi connectivity index (χ0) is 18.8. The summed E-state index contributed by atoms with van der Waals surface area (Å²) in [4.78, 5) is 1.97. The second-order valence-electron chi connectivity index (χ2n) is 7.88. The second kappa shape index (κ2) is 5.59. The molecule has 0 aliphatic heterocycles. The summed E-state index contributed by atoms with van der Waals surface area (Å²) < 4.78 is 0. The van der Waals surface area contributed by atoms with Crippen LogP contribution < -0.4 is 10.6 Å². The van der Waals surface area contributed by atoms with Crippen molar-refractivity contribution in [3.05, 3.63) is 82.9 Å². The number of aryl methyl sites for hydroxylation is 4. The highest BCUT2D eigenvalue weighted by molar-refractivity contribution is 6.08. The van der Waals surface area contributed by atoms with E-state index in [4.69, 9.17) is 11.1 Å². The van der Waals surface area contributed by atoms with E-state index in [0.717, 1.165) is 37.1 Å². The molecule has 0 radical (unpaired) electrons. The fraction of sp³-hybridized carbons (Fsp3) is 0.160. The van der Waals surface area contributed by atoms with Gasteiger partial charge in [-0.05, 0) is 81.6 Å². The molecule has 136 valence electrons. The lowest BCUT2D eigenvalue weighted by atomic mass is 10.00. The number of anilines is 2. The number of nitrogens with two attached hydrogens (primary N) is 1. The molecule has 0 aromatic heterocycles. The van der Waals surface area contributed by atoms with Crippen LogP contribution in [-0.4, -0.2) is 5.96 Å². The highest BCUT2D eigenvalue weighted by Gasteiger charge is 2.26. The number of nitrogens with one attached hydrogen (secondary N) is 1. The van der Waals surface area contributed by atoms with Crippen molar-refractivity contribution in [1.29, 1.82) is 5.41 Å². The number of benzene rings is 4. The van der Waals surface area contributed by atoms with Crippen molar-refractivity contribution in [3.8, 4) is 0 Å². The van der Waals surface area contributed by atoms with Gasteiger partial charge in [-0.1, -0.05) is 48.5 Å². The average molecular weight is 363 g/mol. The Hall–Kier alpha value is -3.33. The first kappa shape index (κ1) is 15.7. The average Bonchev–Trinajstić information content (AvgIpc) is 3.33. The molecular weight excluding hydrogens is 342 g/mol. The summed E-state index contributed by atoms with van der Waals surface area (Å²) in [6, 6.07) is 21.7. The van der Waals surface area contributed by atoms with Gasteiger partial charge in [-0.25, -0.2) is 0 Å². The molecule has 3 heteroatoms. The molecule has 0 spiro atoms. The van der Waals surface area contributed by atoms with Crippen LogP contribution in [-0.2, 0) is 25.7 Å². The molecule has 2 aliphatic carbocycles. The standard InChI is InChI=1S/C25H21N3/c26-25(27)28(21-13-9-17-5-1-3-15-7-11-19(21)23(15)17)22-14-10-18-6-2-4-16-8-12-20(22)24(16)18/h1-6,9-10,13-14H,7-8,11-12H2,(H3,26,27). The normalized spacial score (nSPS) is 14.1. The maximum Gasteiger partial charge on any atom is 0.197 e. The monoisotopic (exact) mass is 363 g/mol. The van der Waals surface area contributed by atoms with E-state index in [1.54, 1.807) is 0 Å². The van der Waals surface area contributed by atoms with Gasteiger partial charge in [0.15, 0.2) is 5.96 Å². The van der Waals surface area contributed by atoms with Crippen molar-refractivity contribution >= 4 is 38.9 Å². The van der Waals surface area contributed by atoms with Gasteiger partial charge in [-0.15, -0.1) is 0 Å². The van der Waals surface area contributed by atoms with Crippen molar-refractivity contribution < 1.29 is 0 Å². The quantitative estimate of drug-likeness (QED) is 0.379. The summed E-state index contributed by atoms with van der Waals surface area (Å²) in [7, 11) is 0. The third-order valence-corrected chi connectivity index (χ3v) is 6.44. The molecule has 4 aromatic carbocycles. The summed E-state index contributed by atoms with van der Waals surface area (Å²) in [5, 5.41) is 13.7. The first-order valence-electron chi connectivity index (χ1n) is 9.93. The zero-order valence-corrected chi connectivity index (χ0v) is 15.6. The molecule has 4 aromatic rings. The van der Waals surface area contributed by atoms with Gasteiger partial charge in [0.2, 0.25) is 0 Å². The Morgan fingerprint density at radius 1 is 0.679 bits per heavy atom. The van der Waals surface area contributed by atoms with Crippen LogP contribution in [0.5, 0.6) is 0 Å². The Morgan fingerprint density at radius 3 is 1.64 bits per heavy atom. The molecule has 0 amide bonds. The number of nitrogens with zero attached hydrogens (tertiary/aromatic N) is 1. The number of guanidine groups is 1. The molecule has 0 saturated carbocycles. The van der Waals surface area contributed by atoms with Crippen LogP contribution in [0.2, 0.25) is 0 Å². The van der Waals surface area contributed by atoms with E-state index in [2.05, 4.69) is 60.7 Å². The molecule has 0 saturated heterocycles. The summed E-state index contributed by atoms with van der Waals surface area (Å²) in [6.45, 7) is 0. The van der Waals surface area contributed by atoms with Gasteiger partial charge in [0.25, 0.3) is 0 Å². The molecule has 0 bridgehead atoms. The van der Waals surface area contributed by atoms with Gasteiger partial charge >= 0.3 is 0 Å². The van der Waals surface area contributed by atoms with E-state index < -0.39 is 0 Å². The second-order valence-corrected chi connectivity index (χ2v) is 7.88. The molecule has 3 nitrogen and oxygen atoms in total. The molecule has 6 rings (SSSR count). The first-order chi connectivity index (χ1) is 13.7. The zero-order valence-electron chi connectivity index (χ0n) is 15.6. The number of hydrogen-bond acceptors (Lipinski definition) is 1. The Morgan fingerprint density at radius 2 is 1.18 bits per heavy atom. The lowest BCUT2D eigenvalue weighted by Gasteiger charge is -2.27. The highest BCUT2D eigenvalue weighted by atomic mass is 15.2. The minimum Gasteiger partial charge on any atom is -0.369 e. The molecule has 28 heavy (non-hydrogen) atoms. The van der Waals surface area contributed by atoms with Gasteiger partial charge in [0, 0.05) is 0 Å². The molecule has 3 N–H and O–H groups in total. The highest BCUT2D eigenvalue weighted by Crippen LogP contribution is 2.43. The number of rotatable bonds is 2. The van der Waals surface area contributed by atoms with E-state index in [1.807, 2.05) is 4.90 Å². The third-order valence-electron chi connectivity index (χ3n) is 6.44. The van der Waals surface area contributed by atoms with Crippen molar-refractivity contribution in [2.75, 3.05) is 4.90 Å². The van der Waals surface area contributed by atoms with Crippen LogP contribution in [0.4, 0.5) is 11.4 Å². The van der Waals surface area contributed by atoms with E-state index in [-0.39, 0.29) is 5.96 Å². The van der Waals surface area contributed by atoms with Crippen molar-refractivity contribution in [3.63, 3.8) is 0 Å². The Bertz CT molecular complexity index is 1210. The van der Waals surface area contributed by atoms with Crippen molar-refractivity contribution in [1.82, 2.24) is 0 Å². The first-order valence-corrected chi connectivity index (χ1v) is 9.93. The van der Waals surface area contributed by atoms with E-state index in [0.29, 0.717) is 0 Å². The molecule has 0 atom stereocenters. The fourth-order valence-electron chi connectivity index (χ4n) is 5.30. The van der Waals surface area contributed by atoms with Crippen LogP contribution in [0, 0.1) is 5.41 Å². The molecule has 2 aliphatic rings. The third kappa shape index (κ3) is 2.02. The number of hydrogen-bond donors (Lipinski definition) is 2. The Balaban J connectivity index is 1.63. The van der Waals surface area contributed by atoms with Crippen LogP contribution >= 0.6 is 0 Å². The maximum absolute atomic E-state index is 8.42. The fourth-order valence-corrected chi connectivity index (χ4v) is 5.30. The van der Waals surface area contributed by atoms with Crippen molar-refractivity contribution in [2.45, 2.75) is 25.7 Å². The summed E-state index contributed by atoms with van der Waals surface area (Å²) in [6.07, 6.45) is 4.13. The van der Waals surface area contributed by atoms with Gasteiger partial charge < -0.3 is 5.73 Å². The molecule has 0 unspecified atom stereocenters. The largest absolute Gasteiger partial charge is 0.369 e. The molecular formula is C25H21N3. The Labute approximate surface area is 163 Å².